The van der Waals surface area contributed by atoms with Crippen molar-refractivity contribution in [1.29, 1.82) is 0 Å². The van der Waals surface area contributed by atoms with Crippen LogP contribution in [0.15, 0.2) is 522 Å². The third-order valence-electron chi connectivity index (χ3n) is 28.6. The number of hydrogen-bond acceptors (Lipinski definition) is 0. The third kappa shape index (κ3) is 13.2. The molecule has 644 valence electrons. The number of aromatic nitrogens is 6. The second kappa shape index (κ2) is 32.8. The molecule has 0 aliphatic heterocycles. The van der Waals surface area contributed by atoms with E-state index in [0.29, 0.717) is 0 Å². The minimum Gasteiger partial charge on any atom is -0.316 e. The van der Waals surface area contributed by atoms with Crippen molar-refractivity contribution in [3.05, 3.63) is 522 Å². The summed E-state index contributed by atoms with van der Waals surface area (Å²) in [6.45, 7) is 0. The first-order valence-electron chi connectivity index (χ1n) is 47.5. The molecule has 0 bridgehead atoms. The van der Waals surface area contributed by atoms with Gasteiger partial charge in [-0.15, -0.1) is 0 Å². The SMILES string of the molecule is c1ccc(-c2ccc(-n3ccc4c3ccc3c5ccccc5n(-c5cc6ccccc6c6ccccc56)c34)cc2)cc1.c1ccc(-c2ccc(-n3ccc4c3ccc3c5ccccc5n(-c5ccc(-c6cc7ccccc7c7ccccc67)cc5)c34)cc2)cc1.c1ccc(-c2ccc(-n3ccc4c3ccc3c5ccccc5n(-c5cccc(-c6cc7ccccc7c7ccccc67)c5)c34)cc2)cc1. The number of benzene rings is 23. The topological polar surface area (TPSA) is 29.6 Å². The lowest BCUT2D eigenvalue weighted by Crippen LogP contribution is -1.97. The van der Waals surface area contributed by atoms with Crippen LogP contribution >= 0.6 is 0 Å². The molecule has 0 N–H and O–H groups in total. The molecule has 6 heteroatoms. The molecule has 6 aromatic heterocycles. The van der Waals surface area contributed by atoms with Gasteiger partial charge in [0.25, 0.3) is 0 Å². The van der Waals surface area contributed by atoms with E-state index in [-0.39, 0.29) is 0 Å². The fraction of sp³-hybridized carbons (Fsp3) is 0. The van der Waals surface area contributed by atoms with Crippen molar-refractivity contribution in [3.8, 4) is 89.8 Å². The fourth-order valence-electron chi connectivity index (χ4n) is 22.2. The minimum atomic E-state index is 1.15. The summed E-state index contributed by atoms with van der Waals surface area (Å²) in [6.07, 6.45) is 6.63. The van der Waals surface area contributed by atoms with Gasteiger partial charge in [0.1, 0.15) is 0 Å². The van der Waals surface area contributed by atoms with Gasteiger partial charge in [-0.05, 0) is 248 Å². The van der Waals surface area contributed by atoms with Crippen molar-refractivity contribution in [2.45, 2.75) is 0 Å². The van der Waals surface area contributed by atoms with Crippen molar-refractivity contribution in [3.63, 3.8) is 0 Å². The Morgan fingerprint density at radius 1 is 0.123 bits per heavy atom. The van der Waals surface area contributed by atoms with E-state index in [9.17, 15) is 0 Å². The van der Waals surface area contributed by atoms with Crippen molar-refractivity contribution < 1.29 is 0 Å². The van der Waals surface area contributed by atoms with Crippen molar-refractivity contribution >= 4 is 163 Å². The van der Waals surface area contributed by atoms with E-state index in [2.05, 4.69) is 550 Å². The molecular formula is C132H86N6. The van der Waals surface area contributed by atoms with Crippen LogP contribution in [0.2, 0.25) is 0 Å². The summed E-state index contributed by atoms with van der Waals surface area (Å²) in [7, 11) is 0. The van der Waals surface area contributed by atoms with Gasteiger partial charge in [0.05, 0.1) is 55.3 Å². The summed E-state index contributed by atoms with van der Waals surface area (Å²) in [5, 5.41) is 26.6. The quantitative estimate of drug-likeness (QED) is 0.116. The number of fused-ring (bicyclic) bond motifs is 24. The molecule has 0 fully saturated rings. The molecule has 0 unspecified atom stereocenters. The highest BCUT2D eigenvalue weighted by Crippen LogP contribution is 2.47. The number of nitrogens with zero attached hydrogens (tertiary/aromatic N) is 6. The van der Waals surface area contributed by atoms with Crippen LogP contribution in [-0.2, 0) is 0 Å². The lowest BCUT2D eigenvalue weighted by Gasteiger charge is -2.15. The first-order chi connectivity index (χ1) is 68.5. The predicted molar refractivity (Wildman–Crippen MR) is 585 cm³/mol. The summed E-state index contributed by atoms with van der Waals surface area (Å²) in [4.78, 5) is 0. The van der Waals surface area contributed by atoms with Gasteiger partial charge < -0.3 is 27.4 Å². The van der Waals surface area contributed by atoms with Crippen molar-refractivity contribution in [2.75, 3.05) is 0 Å². The van der Waals surface area contributed by atoms with Gasteiger partial charge in [0.2, 0.25) is 0 Å². The molecule has 0 amide bonds. The van der Waals surface area contributed by atoms with Gasteiger partial charge in [-0.3, -0.25) is 0 Å². The van der Waals surface area contributed by atoms with Crippen LogP contribution in [0.5, 0.6) is 0 Å². The van der Waals surface area contributed by atoms with E-state index in [4.69, 9.17) is 0 Å². The maximum Gasteiger partial charge on any atom is 0.0635 e. The molecule has 0 saturated carbocycles. The smallest absolute Gasteiger partial charge is 0.0635 e. The summed E-state index contributed by atoms with van der Waals surface area (Å²) < 4.78 is 14.3. The van der Waals surface area contributed by atoms with Crippen LogP contribution in [0, 0.1) is 0 Å². The third-order valence-corrected chi connectivity index (χ3v) is 28.6. The van der Waals surface area contributed by atoms with Crippen LogP contribution < -0.4 is 0 Å². The lowest BCUT2D eigenvalue weighted by atomic mass is 9.93. The molecular weight excluding hydrogens is 1670 g/mol. The van der Waals surface area contributed by atoms with Crippen LogP contribution in [0.25, 0.3) is 253 Å². The Hall–Kier alpha value is -18.4. The molecule has 0 radical (unpaired) electrons. The zero-order valence-electron chi connectivity index (χ0n) is 75.3. The number of hydrogen-bond donors (Lipinski definition) is 0. The highest BCUT2D eigenvalue weighted by molar-refractivity contribution is 6.24. The van der Waals surface area contributed by atoms with Crippen LogP contribution in [-0.4, -0.2) is 27.4 Å². The zero-order chi connectivity index (χ0) is 90.8. The lowest BCUT2D eigenvalue weighted by molar-refractivity contribution is 1.13. The molecule has 0 aliphatic rings. The van der Waals surface area contributed by atoms with Gasteiger partial charge in [-0.25, -0.2) is 0 Å². The first kappa shape index (κ1) is 79.4. The minimum absolute atomic E-state index is 1.15. The largest absolute Gasteiger partial charge is 0.316 e. The number of rotatable bonds is 11. The van der Waals surface area contributed by atoms with E-state index in [1.807, 2.05) is 0 Å². The Labute approximate surface area is 796 Å². The molecule has 6 nitrogen and oxygen atoms in total. The standard InChI is InChI=1S/2C46H30N2.C40H26N2/c1-2-11-31(12-3-1)32-21-23-35(24-22-32)47-28-27-42-44(47)26-25-41-40-19-8-9-20-45(40)48(46(41)42)36-15-10-14-33(29-36)43-30-34-13-4-5-16-37(34)38-17-6-7-18-39(38)43;1-2-10-31(11-3-1)32-18-22-35(23-19-32)47-29-28-42-44(47)27-26-41-40-16-8-9-17-45(40)48(46(41)42)36-24-20-33(21-25-36)43-30-34-12-4-5-13-37(34)38-14-6-7-15-39(38)43;1-2-10-27(11-3-1)28-18-20-30(21-19-28)41-25-24-36-37(41)23-22-35-34-16-8-9-17-38(34)42(40(35)36)39-26-29-12-4-5-13-31(29)32-14-6-7-15-33(32)39/h2*1-30H;1-26H. The van der Waals surface area contributed by atoms with Gasteiger partial charge >= 0.3 is 0 Å². The highest BCUT2D eigenvalue weighted by atomic mass is 15.0. The zero-order valence-corrected chi connectivity index (χ0v) is 75.3. The molecule has 29 rings (SSSR count). The summed E-state index contributed by atoms with van der Waals surface area (Å²) in [5.74, 6) is 0. The first-order valence-corrected chi connectivity index (χ1v) is 47.5. The van der Waals surface area contributed by atoms with Crippen molar-refractivity contribution in [1.82, 2.24) is 27.4 Å². The molecule has 6 heterocycles. The van der Waals surface area contributed by atoms with E-state index in [0.717, 1.165) is 28.4 Å². The molecule has 0 saturated heterocycles. The van der Waals surface area contributed by atoms with Gasteiger partial charge in [-0.1, -0.05) is 370 Å². The van der Waals surface area contributed by atoms with Crippen LogP contribution in [0.4, 0.5) is 0 Å². The van der Waals surface area contributed by atoms with E-state index in [1.54, 1.807) is 0 Å². The summed E-state index contributed by atoms with van der Waals surface area (Å²) in [5.41, 5.74) is 30.2. The van der Waals surface area contributed by atoms with Crippen LogP contribution in [0.3, 0.4) is 0 Å². The normalized spacial score (nSPS) is 11.8. The highest BCUT2D eigenvalue weighted by Gasteiger charge is 2.25. The molecule has 0 atom stereocenters. The predicted octanol–water partition coefficient (Wildman–Crippen LogP) is 35.4. The van der Waals surface area contributed by atoms with E-state index >= 15 is 0 Å². The summed E-state index contributed by atoms with van der Waals surface area (Å²) in [6, 6.07) is 183. The van der Waals surface area contributed by atoms with Gasteiger partial charge in [-0.2, -0.15) is 0 Å². The molecule has 138 heavy (non-hydrogen) atoms. The maximum absolute atomic E-state index is 2.49. The monoisotopic (exact) mass is 1750 g/mol. The van der Waals surface area contributed by atoms with Gasteiger partial charge in [0.15, 0.2) is 0 Å². The van der Waals surface area contributed by atoms with Crippen molar-refractivity contribution in [2.24, 2.45) is 0 Å². The maximum atomic E-state index is 2.49. The van der Waals surface area contributed by atoms with E-state index < -0.39 is 0 Å². The number of para-hydroxylation sites is 3. The fourth-order valence-corrected chi connectivity index (χ4v) is 22.2. The molecule has 23 aromatic carbocycles. The second-order valence-electron chi connectivity index (χ2n) is 36.2. The Morgan fingerprint density at radius 2 is 0.406 bits per heavy atom. The van der Waals surface area contributed by atoms with Crippen LogP contribution in [0.1, 0.15) is 0 Å². The van der Waals surface area contributed by atoms with Gasteiger partial charge in [0, 0.05) is 101 Å². The Morgan fingerprint density at radius 3 is 0.812 bits per heavy atom. The summed E-state index contributed by atoms with van der Waals surface area (Å²) >= 11 is 0. The Kier molecular flexibility index (Phi) is 18.9. The van der Waals surface area contributed by atoms with E-state index in [1.165, 1.54) is 224 Å². The molecule has 29 aromatic rings. The second-order valence-corrected chi connectivity index (χ2v) is 36.2. The molecule has 0 spiro atoms. The Bertz CT molecular complexity index is 9860. The molecule has 0 aliphatic carbocycles. The average Bonchev–Trinajstić information content (AvgIpc) is 1.55. The Balaban J connectivity index is 0.000000105. The average molecular weight is 1760 g/mol.